The first-order chi connectivity index (χ1) is 14.0. The summed E-state index contributed by atoms with van der Waals surface area (Å²) in [5.74, 6) is 0.0898. The molecule has 1 heterocycles. The third-order valence-electron chi connectivity index (χ3n) is 4.75. The Morgan fingerprint density at radius 1 is 0.933 bits per heavy atom. The molecule has 0 amide bonds. The number of aromatic nitrogens is 1. The van der Waals surface area contributed by atoms with Gasteiger partial charge in [0.2, 0.25) is 0 Å². The summed E-state index contributed by atoms with van der Waals surface area (Å²) >= 11 is 0. The van der Waals surface area contributed by atoms with Crippen molar-refractivity contribution in [1.82, 2.24) is 0 Å². The molecule has 0 fully saturated rings. The molecule has 3 rings (SSSR count). The van der Waals surface area contributed by atoms with Gasteiger partial charge >= 0.3 is 21.2 Å². The molecule has 0 aliphatic rings. The van der Waals surface area contributed by atoms with E-state index < -0.39 is 26.7 Å². The van der Waals surface area contributed by atoms with E-state index in [4.69, 9.17) is 4.74 Å². The average Bonchev–Trinajstić information content (AvgIpc) is 2.68. The van der Waals surface area contributed by atoms with Crippen molar-refractivity contribution in [2.45, 2.75) is 18.0 Å². The van der Waals surface area contributed by atoms with Crippen molar-refractivity contribution < 1.29 is 35.4 Å². The molecule has 1 atom stereocenters. The van der Waals surface area contributed by atoms with Gasteiger partial charge in [-0.1, -0.05) is 29.8 Å². The number of alkyl halides is 3. The van der Waals surface area contributed by atoms with Crippen molar-refractivity contribution in [2.75, 3.05) is 7.11 Å². The van der Waals surface area contributed by atoms with Crippen LogP contribution in [0, 0.1) is 6.92 Å². The molecule has 9 heteroatoms. The van der Waals surface area contributed by atoms with Crippen LogP contribution in [0.1, 0.15) is 22.3 Å². The highest BCUT2D eigenvalue weighted by molar-refractivity contribution is 7.86. The van der Waals surface area contributed by atoms with Crippen molar-refractivity contribution in [2.24, 2.45) is 0 Å². The lowest BCUT2D eigenvalue weighted by Crippen LogP contribution is -2.62. The van der Waals surface area contributed by atoms with Gasteiger partial charge in [-0.15, -0.1) is 0 Å². The number of nitrogens with zero attached hydrogens (tertiary/aromatic N) is 1. The smallest absolute Gasteiger partial charge is 0.416 e. The number of methoxy groups -OCH3 is 1. The molecule has 1 aromatic heterocycles. The number of pyridine rings is 1. The minimum Gasteiger partial charge on any atom is -0.496 e. The van der Waals surface area contributed by atoms with Gasteiger partial charge in [0.15, 0.2) is 12.4 Å². The van der Waals surface area contributed by atoms with E-state index in [9.17, 15) is 26.1 Å². The van der Waals surface area contributed by atoms with Crippen LogP contribution in [0.5, 0.6) is 5.75 Å². The second-order valence-corrected chi connectivity index (χ2v) is 8.23. The van der Waals surface area contributed by atoms with E-state index in [0.29, 0.717) is 5.56 Å². The van der Waals surface area contributed by atoms with Crippen LogP contribution < -0.4 is 9.30 Å². The topological polar surface area (TPSA) is 67.5 Å². The van der Waals surface area contributed by atoms with Gasteiger partial charge in [-0.2, -0.15) is 26.2 Å². The Labute approximate surface area is 172 Å². The summed E-state index contributed by atoms with van der Waals surface area (Å²) in [5.41, 5.74) is -0.735. The van der Waals surface area contributed by atoms with E-state index in [2.05, 4.69) is 0 Å². The molecule has 3 aromatic rings. The van der Waals surface area contributed by atoms with E-state index in [-0.39, 0.29) is 16.9 Å². The highest BCUT2D eigenvalue weighted by atomic mass is 32.2. The summed E-state index contributed by atoms with van der Waals surface area (Å²) in [4.78, 5) is -2.42. The fourth-order valence-corrected chi connectivity index (χ4v) is 4.72. The van der Waals surface area contributed by atoms with E-state index in [0.717, 1.165) is 22.8 Å². The Hall–Kier alpha value is -2.91. The molecule has 0 aliphatic carbocycles. The van der Waals surface area contributed by atoms with Gasteiger partial charge in [0, 0.05) is 17.7 Å². The van der Waals surface area contributed by atoms with Crippen molar-refractivity contribution >= 4 is 10.1 Å². The van der Waals surface area contributed by atoms with E-state index in [1.165, 1.54) is 49.8 Å². The molecule has 5 nitrogen and oxygen atoms in total. The van der Waals surface area contributed by atoms with Crippen LogP contribution >= 0.6 is 0 Å². The summed E-state index contributed by atoms with van der Waals surface area (Å²) in [6, 6.07) is 13.1. The molecule has 0 bridgehead atoms. The number of halogens is 3. The minimum atomic E-state index is -5.08. The zero-order chi connectivity index (χ0) is 22.2. The second-order valence-electron chi connectivity index (χ2n) is 6.68. The average molecular weight is 438 g/mol. The summed E-state index contributed by atoms with van der Waals surface area (Å²) < 4.78 is 83.2. The lowest BCUT2D eigenvalue weighted by Gasteiger charge is -2.28. The Morgan fingerprint density at radius 3 is 2.13 bits per heavy atom. The maximum atomic E-state index is 13.4. The number of benzene rings is 2. The van der Waals surface area contributed by atoms with Gasteiger partial charge in [-0.3, -0.25) is 4.55 Å². The van der Waals surface area contributed by atoms with E-state index in [1.54, 1.807) is 19.1 Å². The number of rotatable bonds is 5. The number of aryl methyl sites for hydroxylation is 1. The van der Waals surface area contributed by atoms with Gasteiger partial charge in [-0.25, -0.2) is 0 Å². The van der Waals surface area contributed by atoms with Crippen molar-refractivity contribution in [1.29, 1.82) is 0 Å². The largest absolute Gasteiger partial charge is 0.496 e. The molecule has 30 heavy (non-hydrogen) atoms. The van der Waals surface area contributed by atoms with Gasteiger partial charge in [0.1, 0.15) is 5.75 Å². The SMILES string of the molecule is COc1ccc(C)cc1C(c1cccc(C(F)(F)F)c1)([n+]1ccccc1)S(=O)(=O)O. The van der Waals surface area contributed by atoms with Crippen LogP contribution in [-0.2, 0) is 21.2 Å². The predicted octanol–water partition coefficient (Wildman–Crippen LogP) is 3.95. The Bertz CT molecular complexity index is 1160. The fraction of sp³-hybridized carbons (Fsp3) is 0.190. The first-order valence-electron chi connectivity index (χ1n) is 8.78. The molecule has 1 unspecified atom stereocenters. The Morgan fingerprint density at radius 2 is 1.57 bits per heavy atom. The molecule has 0 saturated carbocycles. The molecule has 0 spiro atoms. The summed E-state index contributed by atoms with van der Waals surface area (Å²) in [7, 11) is -3.77. The monoisotopic (exact) mass is 438 g/mol. The van der Waals surface area contributed by atoms with Gasteiger partial charge < -0.3 is 4.74 Å². The summed E-state index contributed by atoms with van der Waals surface area (Å²) in [5, 5.41) is 0. The van der Waals surface area contributed by atoms with E-state index >= 15 is 0 Å². The van der Waals surface area contributed by atoms with Gasteiger partial charge in [0.05, 0.1) is 18.2 Å². The molecule has 0 saturated heterocycles. The Kier molecular flexibility index (Phi) is 5.62. The summed E-state index contributed by atoms with van der Waals surface area (Å²) in [6.07, 6.45) is -2.00. The zero-order valence-corrected chi connectivity index (χ0v) is 16.9. The second kappa shape index (κ2) is 7.73. The molecule has 0 radical (unpaired) electrons. The molecular formula is C21H19F3NO4S+. The normalized spacial score (nSPS) is 14.2. The molecule has 158 valence electrons. The van der Waals surface area contributed by atoms with Crippen LogP contribution in [0.3, 0.4) is 0 Å². The number of hydrogen-bond acceptors (Lipinski definition) is 3. The molecule has 1 N–H and O–H groups in total. The number of hydrogen-bond donors (Lipinski definition) is 1. The lowest BCUT2D eigenvalue weighted by molar-refractivity contribution is -0.721. The van der Waals surface area contributed by atoms with Crippen LogP contribution in [-0.4, -0.2) is 20.1 Å². The Balaban J connectivity index is 2.55. The minimum absolute atomic E-state index is 0.0250. The number of ether oxygens (including phenoxy) is 1. The highest BCUT2D eigenvalue weighted by Gasteiger charge is 2.58. The first kappa shape index (κ1) is 21.8. The molecular weight excluding hydrogens is 419 g/mol. The van der Waals surface area contributed by atoms with Crippen LogP contribution in [0.4, 0.5) is 13.2 Å². The first-order valence-corrected chi connectivity index (χ1v) is 10.2. The quantitative estimate of drug-likeness (QED) is 0.484. The van der Waals surface area contributed by atoms with E-state index in [1.807, 2.05) is 0 Å². The molecule has 2 aromatic carbocycles. The van der Waals surface area contributed by atoms with Crippen LogP contribution in [0.25, 0.3) is 0 Å². The fourth-order valence-electron chi connectivity index (χ4n) is 3.47. The van der Waals surface area contributed by atoms with Crippen LogP contribution in [0.15, 0.2) is 73.1 Å². The summed E-state index contributed by atoms with van der Waals surface area (Å²) in [6.45, 7) is 1.69. The van der Waals surface area contributed by atoms with Gasteiger partial charge in [0.25, 0.3) is 0 Å². The zero-order valence-electron chi connectivity index (χ0n) is 16.1. The highest BCUT2D eigenvalue weighted by Crippen LogP contribution is 2.41. The van der Waals surface area contributed by atoms with Crippen molar-refractivity contribution in [3.05, 3.63) is 95.3 Å². The lowest BCUT2D eigenvalue weighted by atomic mass is 9.93. The third-order valence-corrected chi connectivity index (χ3v) is 6.17. The van der Waals surface area contributed by atoms with Crippen LogP contribution in [0.2, 0.25) is 0 Å². The standard InChI is InChI=1S/C21H18F3NO4S/c1-15-9-10-19(29-2)18(13-15)20(30(26,27)28,25-11-4-3-5-12-25)16-7-6-8-17(14-16)21(22,23)24/h3-14H,1-2H3/p+1. The molecule has 0 aliphatic heterocycles. The maximum Gasteiger partial charge on any atom is 0.416 e. The van der Waals surface area contributed by atoms with Crippen molar-refractivity contribution in [3.63, 3.8) is 0 Å². The third kappa shape index (κ3) is 3.66. The maximum absolute atomic E-state index is 13.4. The predicted molar refractivity (Wildman–Crippen MR) is 104 cm³/mol. The van der Waals surface area contributed by atoms with Crippen molar-refractivity contribution in [3.8, 4) is 5.75 Å². The van der Waals surface area contributed by atoms with Gasteiger partial charge in [-0.05, 0) is 31.2 Å².